The molecule has 0 aliphatic heterocycles. The topological polar surface area (TPSA) is 70.4 Å². The van der Waals surface area contributed by atoms with Crippen LogP contribution in [0.25, 0.3) is 6.08 Å². The molecule has 2 aromatic rings. The highest BCUT2D eigenvalue weighted by molar-refractivity contribution is 5.91. The summed E-state index contributed by atoms with van der Waals surface area (Å²) >= 11 is 0. The number of rotatable bonds is 3. The monoisotopic (exact) mass is 295 g/mol. The Balaban J connectivity index is 1.99. The first kappa shape index (κ1) is 14.5. The number of carboxylic acids is 1. The van der Waals surface area contributed by atoms with Gasteiger partial charge in [-0.2, -0.15) is 0 Å². The molecule has 0 bridgehead atoms. The summed E-state index contributed by atoms with van der Waals surface area (Å²) in [7, 11) is 0. The van der Waals surface area contributed by atoms with E-state index >= 15 is 0 Å². The molecule has 0 fully saturated rings. The van der Waals surface area contributed by atoms with Gasteiger partial charge >= 0.3 is 5.97 Å². The molecule has 0 saturated carbocycles. The molecule has 2 N–H and O–H groups in total. The van der Waals surface area contributed by atoms with Crippen molar-refractivity contribution >= 4 is 12.0 Å². The molecular formula is C18H17NO3. The molecular weight excluding hydrogens is 278 g/mol. The Bertz CT molecular complexity index is 773. The number of aliphatic hydroxyl groups is 1. The average Bonchev–Trinajstić information content (AvgIpc) is 2.92. The molecule has 0 amide bonds. The molecule has 1 aromatic carbocycles. The van der Waals surface area contributed by atoms with Crippen molar-refractivity contribution in [2.45, 2.75) is 25.9 Å². The highest BCUT2D eigenvalue weighted by Gasteiger charge is 2.33. The Labute approximate surface area is 128 Å². The summed E-state index contributed by atoms with van der Waals surface area (Å²) in [5.74, 6) is -0.969. The third-order valence-electron chi connectivity index (χ3n) is 4.24. The van der Waals surface area contributed by atoms with E-state index in [1.165, 1.54) is 12.3 Å². The molecule has 1 atom stereocenters. The number of pyridine rings is 1. The number of aromatic carboxylic acids is 1. The molecule has 1 aliphatic carbocycles. The van der Waals surface area contributed by atoms with Crippen LogP contribution in [0.15, 0.2) is 42.1 Å². The van der Waals surface area contributed by atoms with Crippen LogP contribution in [0.1, 0.15) is 39.7 Å². The van der Waals surface area contributed by atoms with Gasteiger partial charge in [0.1, 0.15) is 5.60 Å². The zero-order chi connectivity index (χ0) is 15.9. The minimum Gasteiger partial charge on any atom is -0.478 e. The Hall–Kier alpha value is -2.46. The van der Waals surface area contributed by atoms with E-state index in [-0.39, 0.29) is 5.56 Å². The first-order valence-electron chi connectivity index (χ1n) is 7.11. The lowest BCUT2D eigenvalue weighted by Gasteiger charge is -2.26. The van der Waals surface area contributed by atoms with Crippen molar-refractivity contribution in [1.82, 2.24) is 4.98 Å². The van der Waals surface area contributed by atoms with E-state index in [0.29, 0.717) is 17.7 Å². The van der Waals surface area contributed by atoms with Crippen molar-refractivity contribution in [1.29, 1.82) is 0 Å². The number of benzene rings is 1. The number of carbonyl (C=O) groups is 1. The van der Waals surface area contributed by atoms with Crippen LogP contribution in [0.3, 0.4) is 0 Å². The molecule has 1 aromatic heterocycles. The predicted octanol–water partition coefficient (Wildman–Crippen LogP) is 2.94. The molecule has 4 heteroatoms. The van der Waals surface area contributed by atoms with Crippen molar-refractivity contribution < 1.29 is 15.0 Å². The summed E-state index contributed by atoms with van der Waals surface area (Å²) in [6.45, 7) is 3.72. The van der Waals surface area contributed by atoms with E-state index in [2.05, 4.69) is 4.98 Å². The highest BCUT2D eigenvalue weighted by Crippen LogP contribution is 2.38. The van der Waals surface area contributed by atoms with Gasteiger partial charge in [0.25, 0.3) is 0 Å². The lowest BCUT2D eigenvalue weighted by Crippen LogP contribution is -2.24. The fourth-order valence-corrected chi connectivity index (χ4v) is 2.80. The zero-order valence-electron chi connectivity index (χ0n) is 12.5. The molecule has 3 rings (SSSR count). The van der Waals surface area contributed by atoms with Crippen molar-refractivity contribution in [3.8, 4) is 0 Å². The standard InChI is InChI=1S/C18H17NO3/c1-11-3-5-12(6-4-11)18(2,22)13-9-15-14(17(20)21)7-8-19-16(15)10-13/h3-8,10,22H,9H2,1-2H3,(H,20,21). The first-order chi connectivity index (χ1) is 10.4. The summed E-state index contributed by atoms with van der Waals surface area (Å²) < 4.78 is 0. The number of nitrogens with zero attached hydrogens (tertiary/aromatic N) is 1. The number of carboxylic acid groups (broad SMARTS) is 1. The first-order valence-corrected chi connectivity index (χ1v) is 7.11. The maximum absolute atomic E-state index is 11.3. The normalized spacial score (nSPS) is 15.9. The van der Waals surface area contributed by atoms with Gasteiger partial charge < -0.3 is 10.2 Å². The average molecular weight is 295 g/mol. The molecule has 0 radical (unpaired) electrons. The lowest BCUT2D eigenvalue weighted by atomic mass is 9.86. The van der Waals surface area contributed by atoms with Gasteiger partial charge in [-0.25, -0.2) is 4.79 Å². The molecule has 22 heavy (non-hydrogen) atoms. The van der Waals surface area contributed by atoms with Gasteiger partial charge in [0.2, 0.25) is 0 Å². The van der Waals surface area contributed by atoms with Crippen LogP contribution in [-0.2, 0) is 12.0 Å². The number of hydrogen-bond donors (Lipinski definition) is 2. The SMILES string of the molecule is Cc1ccc(C(C)(O)C2=Cc3nccc(C(=O)O)c3C2)cc1. The lowest BCUT2D eigenvalue weighted by molar-refractivity contribution is 0.0694. The molecule has 1 aliphatic rings. The van der Waals surface area contributed by atoms with Crippen LogP contribution in [0.4, 0.5) is 0 Å². The highest BCUT2D eigenvalue weighted by atomic mass is 16.4. The van der Waals surface area contributed by atoms with Gasteiger partial charge in [0.15, 0.2) is 0 Å². The van der Waals surface area contributed by atoms with Gasteiger partial charge in [-0.05, 0) is 49.1 Å². The zero-order valence-corrected chi connectivity index (χ0v) is 12.5. The Morgan fingerprint density at radius 1 is 1.23 bits per heavy atom. The Morgan fingerprint density at radius 2 is 1.91 bits per heavy atom. The second-order valence-electron chi connectivity index (χ2n) is 5.81. The third-order valence-corrected chi connectivity index (χ3v) is 4.24. The smallest absolute Gasteiger partial charge is 0.336 e. The Kier molecular flexibility index (Phi) is 3.34. The van der Waals surface area contributed by atoms with E-state index in [0.717, 1.165) is 16.7 Å². The van der Waals surface area contributed by atoms with Crippen LogP contribution in [0.5, 0.6) is 0 Å². The minimum atomic E-state index is -1.15. The van der Waals surface area contributed by atoms with Crippen LogP contribution in [0, 0.1) is 6.92 Å². The maximum atomic E-state index is 11.3. The quantitative estimate of drug-likeness (QED) is 0.913. The fourth-order valence-electron chi connectivity index (χ4n) is 2.80. The van der Waals surface area contributed by atoms with E-state index < -0.39 is 11.6 Å². The second-order valence-corrected chi connectivity index (χ2v) is 5.81. The molecule has 1 heterocycles. The van der Waals surface area contributed by atoms with E-state index in [4.69, 9.17) is 0 Å². The predicted molar refractivity (Wildman–Crippen MR) is 83.6 cm³/mol. The van der Waals surface area contributed by atoms with Crippen LogP contribution >= 0.6 is 0 Å². The number of aromatic nitrogens is 1. The van der Waals surface area contributed by atoms with Crippen LogP contribution < -0.4 is 0 Å². The third kappa shape index (κ3) is 2.31. The minimum absolute atomic E-state index is 0.246. The van der Waals surface area contributed by atoms with Gasteiger partial charge in [-0.3, -0.25) is 4.98 Å². The van der Waals surface area contributed by atoms with E-state index in [1.807, 2.05) is 31.2 Å². The van der Waals surface area contributed by atoms with Crippen LogP contribution in [-0.4, -0.2) is 21.2 Å². The van der Waals surface area contributed by atoms with E-state index in [1.54, 1.807) is 13.0 Å². The van der Waals surface area contributed by atoms with Gasteiger partial charge in [-0.1, -0.05) is 29.8 Å². The van der Waals surface area contributed by atoms with Gasteiger partial charge in [0.05, 0.1) is 11.3 Å². The van der Waals surface area contributed by atoms with Crippen LogP contribution in [0.2, 0.25) is 0 Å². The summed E-state index contributed by atoms with van der Waals surface area (Å²) in [6.07, 6.45) is 3.68. The van der Waals surface area contributed by atoms with Crippen molar-refractivity contribution in [3.63, 3.8) is 0 Å². The summed E-state index contributed by atoms with van der Waals surface area (Å²) in [5.41, 5.74) is 3.06. The molecule has 0 saturated heterocycles. The number of fused-ring (bicyclic) bond motifs is 1. The largest absolute Gasteiger partial charge is 0.478 e. The number of hydrogen-bond acceptors (Lipinski definition) is 3. The van der Waals surface area contributed by atoms with Gasteiger partial charge in [-0.15, -0.1) is 0 Å². The van der Waals surface area contributed by atoms with Crippen molar-refractivity contribution in [2.24, 2.45) is 0 Å². The Morgan fingerprint density at radius 3 is 2.55 bits per heavy atom. The molecule has 112 valence electrons. The summed E-state index contributed by atoms with van der Waals surface area (Å²) in [5, 5.41) is 20.2. The summed E-state index contributed by atoms with van der Waals surface area (Å²) in [6, 6.07) is 9.19. The molecule has 0 spiro atoms. The second kappa shape index (κ2) is 5.07. The fraction of sp³-hybridized carbons (Fsp3) is 0.222. The summed E-state index contributed by atoms with van der Waals surface area (Å²) in [4.78, 5) is 15.5. The maximum Gasteiger partial charge on any atom is 0.336 e. The molecule has 4 nitrogen and oxygen atoms in total. The van der Waals surface area contributed by atoms with Crippen molar-refractivity contribution in [2.75, 3.05) is 0 Å². The van der Waals surface area contributed by atoms with E-state index in [9.17, 15) is 15.0 Å². The molecule has 1 unspecified atom stereocenters. The van der Waals surface area contributed by atoms with Gasteiger partial charge in [0, 0.05) is 6.20 Å². The number of aryl methyl sites for hydroxylation is 1. The van der Waals surface area contributed by atoms with Crippen molar-refractivity contribution in [3.05, 3.63) is 70.0 Å².